The molecule has 0 radical (unpaired) electrons. The van der Waals surface area contributed by atoms with Gasteiger partial charge < -0.3 is 10.4 Å². The first-order valence-electron chi connectivity index (χ1n) is 9.50. The van der Waals surface area contributed by atoms with E-state index in [1.54, 1.807) is 0 Å². The summed E-state index contributed by atoms with van der Waals surface area (Å²) in [5.74, 6) is -0.773. The summed E-state index contributed by atoms with van der Waals surface area (Å²) in [6, 6.07) is 0. The van der Waals surface area contributed by atoms with Crippen molar-refractivity contribution in [1.82, 2.24) is 5.32 Å². The normalized spacial score (nSPS) is 11.7. The minimum absolute atomic E-state index is 0.0836. The molecule has 0 heterocycles. The third kappa shape index (κ3) is 20.9. The molecule has 134 valence electrons. The molecule has 3 heteroatoms. The number of rotatable bonds is 17. The fourth-order valence-corrected chi connectivity index (χ4v) is 2.43. The predicted octanol–water partition coefficient (Wildman–Crippen LogP) is 5.47. The quantitative estimate of drug-likeness (QED) is 0.275. The van der Waals surface area contributed by atoms with Crippen molar-refractivity contribution < 1.29 is 9.90 Å². The fourth-order valence-electron chi connectivity index (χ4n) is 2.43. The Morgan fingerprint density at radius 1 is 0.826 bits per heavy atom. The lowest BCUT2D eigenvalue weighted by molar-refractivity contribution is -0.135. The second-order valence-corrected chi connectivity index (χ2v) is 6.15. The van der Waals surface area contributed by atoms with Gasteiger partial charge >= 0.3 is 5.97 Å². The van der Waals surface area contributed by atoms with E-state index in [0.717, 1.165) is 19.4 Å². The molecule has 0 aromatic carbocycles. The maximum Gasteiger partial charge on any atom is 0.317 e. The summed E-state index contributed by atoms with van der Waals surface area (Å²) in [5, 5.41) is 11.4. The van der Waals surface area contributed by atoms with E-state index in [0.29, 0.717) is 0 Å². The van der Waals surface area contributed by atoms with E-state index < -0.39 is 5.97 Å². The van der Waals surface area contributed by atoms with Gasteiger partial charge in [0.2, 0.25) is 0 Å². The summed E-state index contributed by atoms with van der Waals surface area (Å²) in [4.78, 5) is 10.3. The Kier molecular flexibility index (Phi) is 18.1. The summed E-state index contributed by atoms with van der Waals surface area (Å²) < 4.78 is 0. The molecule has 0 bridgehead atoms. The van der Waals surface area contributed by atoms with Gasteiger partial charge in [0.25, 0.3) is 0 Å². The lowest BCUT2D eigenvalue weighted by Gasteiger charge is -2.02. The van der Waals surface area contributed by atoms with Crippen LogP contribution in [0, 0.1) is 0 Å². The molecular weight excluding hydrogens is 286 g/mol. The zero-order chi connectivity index (χ0) is 17.0. The number of carboxylic acid groups (broad SMARTS) is 1. The minimum atomic E-state index is -0.773. The molecule has 0 unspecified atom stereocenters. The Morgan fingerprint density at radius 3 is 2.00 bits per heavy atom. The summed E-state index contributed by atoms with van der Waals surface area (Å²) in [6.45, 7) is 3.15. The number of aliphatic carboxylic acids is 1. The highest BCUT2D eigenvalue weighted by atomic mass is 16.4. The molecule has 0 saturated carbocycles. The SMILES string of the molecule is CCCCCC=CCC=CCCCCCCCCNCC(=O)O. The van der Waals surface area contributed by atoms with Crippen LogP contribution in [0.15, 0.2) is 24.3 Å². The fraction of sp³-hybridized carbons (Fsp3) is 0.750. The zero-order valence-corrected chi connectivity index (χ0v) is 15.1. The van der Waals surface area contributed by atoms with E-state index in [1.165, 1.54) is 64.2 Å². The van der Waals surface area contributed by atoms with Gasteiger partial charge in [-0.3, -0.25) is 4.79 Å². The zero-order valence-electron chi connectivity index (χ0n) is 15.1. The molecule has 0 spiro atoms. The third-order valence-corrected chi connectivity index (χ3v) is 3.83. The Morgan fingerprint density at radius 2 is 1.39 bits per heavy atom. The van der Waals surface area contributed by atoms with Crippen molar-refractivity contribution in [2.75, 3.05) is 13.1 Å². The van der Waals surface area contributed by atoms with Gasteiger partial charge in [-0.05, 0) is 45.1 Å². The molecule has 0 atom stereocenters. The van der Waals surface area contributed by atoms with Crippen molar-refractivity contribution in [2.45, 2.75) is 84.0 Å². The van der Waals surface area contributed by atoms with E-state index in [-0.39, 0.29) is 6.54 Å². The minimum Gasteiger partial charge on any atom is -0.480 e. The number of hydrogen-bond donors (Lipinski definition) is 2. The van der Waals surface area contributed by atoms with Crippen LogP contribution in [-0.4, -0.2) is 24.2 Å². The maximum atomic E-state index is 10.3. The third-order valence-electron chi connectivity index (χ3n) is 3.83. The van der Waals surface area contributed by atoms with Gasteiger partial charge in [0.1, 0.15) is 0 Å². The van der Waals surface area contributed by atoms with Crippen LogP contribution >= 0.6 is 0 Å². The topological polar surface area (TPSA) is 49.3 Å². The molecule has 0 aliphatic heterocycles. The van der Waals surface area contributed by atoms with Crippen molar-refractivity contribution in [2.24, 2.45) is 0 Å². The van der Waals surface area contributed by atoms with Crippen LogP contribution in [0.5, 0.6) is 0 Å². The second-order valence-electron chi connectivity index (χ2n) is 6.15. The smallest absolute Gasteiger partial charge is 0.317 e. The lowest BCUT2D eigenvalue weighted by atomic mass is 10.1. The van der Waals surface area contributed by atoms with Crippen molar-refractivity contribution in [3.63, 3.8) is 0 Å². The van der Waals surface area contributed by atoms with Crippen LogP contribution in [0.4, 0.5) is 0 Å². The highest BCUT2D eigenvalue weighted by Gasteiger charge is 1.94. The highest BCUT2D eigenvalue weighted by molar-refractivity contribution is 5.68. The van der Waals surface area contributed by atoms with Crippen molar-refractivity contribution >= 4 is 5.97 Å². The molecule has 0 fully saturated rings. The monoisotopic (exact) mass is 323 g/mol. The van der Waals surface area contributed by atoms with Crippen molar-refractivity contribution in [1.29, 1.82) is 0 Å². The molecule has 0 saturated heterocycles. The highest BCUT2D eigenvalue weighted by Crippen LogP contribution is 2.07. The molecule has 0 aliphatic carbocycles. The number of allylic oxidation sites excluding steroid dienone is 4. The summed E-state index contributed by atoms with van der Waals surface area (Å²) in [6.07, 6.45) is 24.1. The van der Waals surface area contributed by atoms with Gasteiger partial charge in [-0.25, -0.2) is 0 Å². The van der Waals surface area contributed by atoms with Gasteiger partial charge in [-0.2, -0.15) is 0 Å². The van der Waals surface area contributed by atoms with Crippen LogP contribution in [0.2, 0.25) is 0 Å². The first-order valence-corrected chi connectivity index (χ1v) is 9.50. The van der Waals surface area contributed by atoms with E-state index in [2.05, 4.69) is 36.5 Å². The molecule has 0 aliphatic rings. The standard InChI is InChI=1S/C20H37NO2/c1-2-3-4-5-6-7-8-9-10-11-12-13-14-15-16-17-18-21-19-20(22)23/h6-7,9-10,21H,2-5,8,11-19H2,1H3,(H,22,23). The number of carbonyl (C=O) groups is 1. The van der Waals surface area contributed by atoms with Gasteiger partial charge in [0, 0.05) is 0 Å². The average molecular weight is 324 g/mol. The average Bonchev–Trinajstić information content (AvgIpc) is 2.53. The van der Waals surface area contributed by atoms with E-state index in [9.17, 15) is 4.79 Å². The molecule has 2 N–H and O–H groups in total. The van der Waals surface area contributed by atoms with Crippen LogP contribution in [-0.2, 0) is 4.79 Å². The first-order chi connectivity index (χ1) is 11.3. The number of carboxylic acids is 1. The number of hydrogen-bond acceptors (Lipinski definition) is 2. The molecule has 23 heavy (non-hydrogen) atoms. The van der Waals surface area contributed by atoms with Crippen molar-refractivity contribution in [3.05, 3.63) is 24.3 Å². The van der Waals surface area contributed by atoms with E-state index in [4.69, 9.17) is 5.11 Å². The summed E-state index contributed by atoms with van der Waals surface area (Å²) >= 11 is 0. The summed E-state index contributed by atoms with van der Waals surface area (Å²) in [5.41, 5.74) is 0. The molecule has 0 aromatic rings. The Balaban J connectivity index is 3.14. The molecule has 3 nitrogen and oxygen atoms in total. The van der Waals surface area contributed by atoms with Crippen molar-refractivity contribution in [3.8, 4) is 0 Å². The van der Waals surface area contributed by atoms with E-state index in [1.807, 2.05) is 0 Å². The van der Waals surface area contributed by atoms with Gasteiger partial charge in [0.05, 0.1) is 6.54 Å². The largest absolute Gasteiger partial charge is 0.480 e. The Hall–Kier alpha value is -1.09. The first kappa shape index (κ1) is 21.9. The van der Waals surface area contributed by atoms with Gasteiger partial charge in [0.15, 0.2) is 0 Å². The van der Waals surface area contributed by atoms with E-state index >= 15 is 0 Å². The lowest BCUT2D eigenvalue weighted by Crippen LogP contribution is -2.23. The van der Waals surface area contributed by atoms with Gasteiger partial charge in [-0.15, -0.1) is 0 Å². The maximum absolute atomic E-state index is 10.3. The molecular formula is C20H37NO2. The van der Waals surface area contributed by atoms with Crippen LogP contribution in [0.25, 0.3) is 0 Å². The second kappa shape index (κ2) is 19.0. The number of nitrogens with one attached hydrogen (secondary N) is 1. The summed E-state index contributed by atoms with van der Waals surface area (Å²) in [7, 11) is 0. The predicted molar refractivity (Wildman–Crippen MR) is 99.9 cm³/mol. The van der Waals surface area contributed by atoms with Crippen LogP contribution in [0.1, 0.15) is 84.0 Å². The molecule has 0 rings (SSSR count). The number of unbranched alkanes of at least 4 members (excludes halogenated alkanes) is 9. The Labute approximate surface area is 143 Å². The van der Waals surface area contributed by atoms with Crippen LogP contribution in [0.3, 0.4) is 0 Å². The Bertz CT molecular complexity index is 311. The molecule has 0 amide bonds. The molecule has 0 aromatic heterocycles. The van der Waals surface area contributed by atoms with Crippen LogP contribution < -0.4 is 5.32 Å². The van der Waals surface area contributed by atoms with Gasteiger partial charge in [-0.1, -0.05) is 69.8 Å².